The average Bonchev–Trinajstić information content (AvgIpc) is 3.06. The zero-order valence-electron chi connectivity index (χ0n) is 10.6. The first-order valence-corrected chi connectivity index (χ1v) is 6.84. The van der Waals surface area contributed by atoms with Crippen LogP contribution in [0.15, 0.2) is 41.8 Å². The van der Waals surface area contributed by atoms with E-state index < -0.39 is 5.97 Å². The van der Waals surface area contributed by atoms with E-state index in [9.17, 15) is 4.79 Å². The molecule has 0 amide bonds. The first-order chi connectivity index (χ1) is 9.65. The number of carboxylic acid groups (broad SMARTS) is 1. The summed E-state index contributed by atoms with van der Waals surface area (Å²) in [6.07, 6.45) is 0. The number of carboxylic acids is 1. The number of nitrogens with zero attached hydrogens (tertiary/aromatic N) is 3. The lowest BCUT2D eigenvalue weighted by Gasteiger charge is -1.97. The summed E-state index contributed by atoms with van der Waals surface area (Å²) in [6.45, 7) is 1.92. The van der Waals surface area contributed by atoms with E-state index in [-0.39, 0.29) is 5.69 Å². The highest BCUT2D eigenvalue weighted by molar-refractivity contribution is 7.12. The van der Waals surface area contributed by atoms with Crippen molar-refractivity contribution in [1.29, 1.82) is 0 Å². The predicted octanol–water partition coefficient (Wildman–Crippen LogP) is 3.00. The molecule has 1 aromatic carbocycles. The quantitative estimate of drug-likeness (QED) is 0.803. The molecule has 0 atom stereocenters. The Labute approximate surface area is 119 Å². The van der Waals surface area contributed by atoms with E-state index in [4.69, 9.17) is 5.11 Å². The fourth-order valence-electron chi connectivity index (χ4n) is 1.88. The Morgan fingerprint density at radius 2 is 2.05 bits per heavy atom. The summed E-state index contributed by atoms with van der Waals surface area (Å²) in [6, 6.07) is 11.8. The van der Waals surface area contributed by atoms with Crippen molar-refractivity contribution in [2.75, 3.05) is 0 Å². The topological polar surface area (TPSA) is 68.0 Å². The van der Waals surface area contributed by atoms with Crippen molar-refractivity contribution in [2.45, 2.75) is 6.92 Å². The third-order valence-electron chi connectivity index (χ3n) is 2.85. The third kappa shape index (κ3) is 2.21. The smallest absolute Gasteiger partial charge is 0.355 e. The van der Waals surface area contributed by atoms with E-state index in [0.717, 1.165) is 17.0 Å². The van der Waals surface area contributed by atoms with Crippen LogP contribution in [0.1, 0.15) is 16.2 Å². The molecule has 0 aliphatic heterocycles. The van der Waals surface area contributed by atoms with Crippen LogP contribution < -0.4 is 0 Å². The molecule has 3 aromatic rings. The molecular weight excluding hydrogens is 274 g/mol. The lowest BCUT2D eigenvalue weighted by molar-refractivity contribution is 0.0691. The Kier molecular flexibility index (Phi) is 3.08. The maximum Gasteiger partial charge on any atom is 0.355 e. The van der Waals surface area contributed by atoms with Gasteiger partial charge in [0.25, 0.3) is 0 Å². The van der Waals surface area contributed by atoms with Crippen LogP contribution in [-0.2, 0) is 0 Å². The maximum atomic E-state index is 10.9. The Hall–Kier alpha value is -2.47. The molecule has 0 aliphatic rings. The molecule has 0 spiro atoms. The normalized spacial score (nSPS) is 10.7. The molecule has 0 radical (unpaired) electrons. The minimum atomic E-state index is -1.03. The van der Waals surface area contributed by atoms with Crippen molar-refractivity contribution in [3.8, 4) is 16.4 Å². The van der Waals surface area contributed by atoms with Crippen LogP contribution in [0.3, 0.4) is 0 Å². The summed E-state index contributed by atoms with van der Waals surface area (Å²) in [7, 11) is 0. The number of thiazole rings is 1. The maximum absolute atomic E-state index is 10.9. The summed E-state index contributed by atoms with van der Waals surface area (Å²) in [5.41, 5.74) is 2.82. The van der Waals surface area contributed by atoms with Crippen molar-refractivity contribution in [2.24, 2.45) is 0 Å². The van der Waals surface area contributed by atoms with Gasteiger partial charge in [-0.1, -0.05) is 30.3 Å². The van der Waals surface area contributed by atoms with Crippen LogP contribution in [0.25, 0.3) is 16.4 Å². The SMILES string of the molecule is Cc1cc(-c2ccccc2)nn1-c1nc(C(=O)O)cs1. The van der Waals surface area contributed by atoms with Gasteiger partial charge >= 0.3 is 5.97 Å². The summed E-state index contributed by atoms with van der Waals surface area (Å²) in [4.78, 5) is 14.9. The fourth-order valence-corrected chi connectivity index (χ4v) is 2.68. The second kappa shape index (κ2) is 4.90. The molecule has 0 bridgehead atoms. The number of rotatable bonds is 3. The molecule has 1 N–H and O–H groups in total. The monoisotopic (exact) mass is 285 g/mol. The van der Waals surface area contributed by atoms with Crippen LogP contribution in [0, 0.1) is 6.92 Å². The highest BCUT2D eigenvalue weighted by Gasteiger charge is 2.13. The van der Waals surface area contributed by atoms with Gasteiger partial charge in [0, 0.05) is 16.6 Å². The molecule has 2 heterocycles. The molecule has 0 aliphatic carbocycles. The van der Waals surface area contributed by atoms with Crippen LogP contribution >= 0.6 is 11.3 Å². The summed E-state index contributed by atoms with van der Waals surface area (Å²) in [5.74, 6) is -1.03. The van der Waals surface area contributed by atoms with Gasteiger partial charge in [-0.05, 0) is 13.0 Å². The molecule has 3 rings (SSSR count). The number of hydrogen-bond acceptors (Lipinski definition) is 4. The van der Waals surface area contributed by atoms with E-state index >= 15 is 0 Å². The van der Waals surface area contributed by atoms with Crippen LogP contribution in [-0.4, -0.2) is 25.8 Å². The fraction of sp³-hybridized carbons (Fsp3) is 0.0714. The standard InChI is InChI=1S/C14H11N3O2S/c1-9-7-11(10-5-3-2-4-6-10)16-17(9)14-15-12(8-20-14)13(18)19/h2-8H,1H3,(H,18,19). The molecule has 20 heavy (non-hydrogen) atoms. The Morgan fingerprint density at radius 1 is 1.30 bits per heavy atom. The van der Waals surface area contributed by atoms with Gasteiger partial charge in [-0.3, -0.25) is 0 Å². The Balaban J connectivity index is 2.02. The molecule has 0 saturated carbocycles. The molecule has 2 aromatic heterocycles. The van der Waals surface area contributed by atoms with Crippen LogP contribution in [0.4, 0.5) is 0 Å². The van der Waals surface area contributed by atoms with Gasteiger partial charge < -0.3 is 5.11 Å². The van der Waals surface area contributed by atoms with Gasteiger partial charge in [-0.2, -0.15) is 5.10 Å². The first-order valence-electron chi connectivity index (χ1n) is 5.96. The Bertz CT molecular complexity index is 762. The Morgan fingerprint density at radius 3 is 2.70 bits per heavy atom. The van der Waals surface area contributed by atoms with Gasteiger partial charge in [-0.25, -0.2) is 14.5 Å². The average molecular weight is 285 g/mol. The number of carbonyl (C=O) groups is 1. The van der Waals surface area contributed by atoms with Crippen LogP contribution in [0.2, 0.25) is 0 Å². The zero-order chi connectivity index (χ0) is 14.1. The highest BCUT2D eigenvalue weighted by atomic mass is 32.1. The second-order valence-corrected chi connectivity index (χ2v) is 5.11. The highest BCUT2D eigenvalue weighted by Crippen LogP contribution is 2.22. The van der Waals surface area contributed by atoms with E-state index in [1.807, 2.05) is 43.3 Å². The van der Waals surface area contributed by atoms with E-state index in [0.29, 0.717) is 5.13 Å². The number of hydrogen-bond donors (Lipinski definition) is 1. The van der Waals surface area contributed by atoms with Gasteiger partial charge in [0.1, 0.15) is 0 Å². The van der Waals surface area contributed by atoms with Crippen molar-refractivity contribution in [3.05, 3.63) is 53.2 Å². The van der Waals surface area contributed by atoms with Gasteiger partial charge in [0.15, 0.2) is 5.69 Å². The number of benzene rings is 1. The van der Waals surface area contributed by atoms with Crippen molar-refractivity contribution < 1.29 is 9.90 Å². The number of aromatic nitrogens is 3. The lowest BCUT2D eigenvalue weighted by Crippen LogP contribution is -2.01. The summed E-state index contributed by atoms with van der Waals surface area (Å²) in [5, 5.41) is 15.5. The minimum Gasteiger partial charge on any atom is -0.476 e. The molecule has 5 nitrogen and oxygen atoms in total. The minimum absolute atomic E-state index is 0.0427. The zero-order valence-corrected chi connectivity index (χ0v) is 11.5. The van der Waals surface area contributed by atoms with Crippen molar-refractivity contribution >= 4 is 17.3 Å². The van der Waals surface area contributed by atoms with Gasteiger partial charge in [-0.15, -0.1) is 11.3 Å². The molecule has 0 saturated heterocycles. The van der Waals surface area contributed by atoms with Gasteiger partial charge in [0.2, 0.25) is 5.13 Å². The molecule has 6 heteroatoms. The van der Waals surface area contributed by atoms with Gasteiger partial charge in [0.05, 0.1) is 5.69 Å². The van der Waals surface area contributed by atoms with Crippen LogP contribution in [0.5, 0.6) is 0 Å². The third-order valence-corrected chi connectivity index (χ3v) is 3.67. The second-order valence-electron chi connectivity index (χ2n) is 4.27. The first kappa shape index (κ1) is 12.6. The predicted molar refractivity (Wildman–Crippen MR) is 76.4 cm³/mol. The molecule has 0 fully saturated rings. The molecule has 0 unspecified atom stereocenters. The van der Waals surface area contributed by atoms with E-state index in [1.165, 1.54) is 16.7 Å². The largest absolute Gasteiger partial charge is 0.476 e. The molecule has 100 valence electrons. The summed E-state index contributed by atoms with van der Waals surface area (Å²) < 4.78 is 1.67. The lowest BCUT2D eigenvalue weighted by atomic mass is 10.1. The van der Waals surface area contributed by atoms with Crippen molar-refractivity contribution in [1.82, 2.24) is 14.8 Å². The molecular formula is C14H11N3O2S. The van der Waals surface area contributed by atoms with Crippen molar-refractivity contribution in [3.63, 3.8) is 0 Å². The number of aryl methyl sites for hydroxylation is 1. The van der Waals surface area contributed by atoms with E-state index in [2.05, 4.69) is 10.1 Å². The summed E-state index contributed by atoms with van der Waals surface area (Å²) >= 11 is 1.26. The number of aromatic carboxylic acids is 1. The van der Waals surface area contributed by atoms with E-state index in [1.54, 1.807) is 4.68 Å².